The number of carbonyl (C=O) groups excluding carboxylic acids is 2. The van der Waals surface area contributed by atoms with E-state index in [1.807, 2.05) is 52.8 Å². The first-order chi connectivity index (χ1) is 15.5. The van der Waals surface area contributed by atoms with Crippen LogP contribution < -0.4 is 5.32 Å². The molecule has 2 aromatic rings. The Kier molecular flexibility index (Phi) is 6.67. The summed E-state index contributed by atoms with van der Waals surface area (Å²) in [5.41, 5.74) is 3.70. The van der Waals surface area contributed by atoms with Gasteiger partial charge in [0.2, 0.25) is 5.91 Å². The first kappa shape index (κ1) is 22.2. The standard InChI is InChI=1S/C24H22ClN3O3S/c1-15-21(23(30)31-2)22(17-8-10-18(25)11-9-17)28-19(14-32-24(28)27-15)12-20(29)26-13-16-6-4-3-5-7-16/h3-11,14,22H,12-13H2,1-2H3,(H,26,29). The number of rotatable bonds is 6. The number of nitrogens with one attached hydrogen (secondary N) is 1. The second-order valence-electron chi connectivity index (χ2n) is 7.38. The summed E-state index contributed by atoms with van der Waals surface area (Å²) in [6.45, 7) is 2.25. The van der Waals surface area contributed by atoms with E-state index in [4.69, 9.17) is 16.3 Å². The molecule has 2 aliphatic heterocycles. The number of nitrogens with zero attached hydrogens (tertiary/aromatic N) is 2. The van der Waals surface area contributed by atoms with Gasteiger partial charge in [-0.05, 0) is 35.6 Å². The molecule has 0 fully saturated rings. The number of benzene rings is 2. The van der Waals surface area contributed by atoms with Crippen molar-refractivity contribution in [2.45, 2.75) is 25.9 Å². The molecular weight excluding hydrogens is 446 g/mol. The second kappa shape index (κ2) is 9.63. The monoisotopic (exact) mass is 467 g/mol. The van der Waals surface area contributed by atoms with Gasteiger partial charge in [-0.2, -0.15) is 0 Å². The van der Waals surface area contributed by atoms with Crippen LogP contribution >= 0.6 is 23.4 Å². The number of allylic oxidation sites excluding steroid dienone is 1. The quantitative estimate of drug-likeness (QED) is 0.618. The minimum absolute atomic E-state index is 0.109. The summed E-state index contributed by atoms with van der Waals surface area (Å²) >= 11 is 7.53. The number of thioether (sulfide) groups is 1. The molecule has 2 aromatic carbocycles. The van der Waals surface area contributed by atoms with Crippen molar-refractivity contribution in [3.05, 3.63) is 93.1 Å². The van der Waals surface area contributed by atoms with Crippen LogP contribution in [0.25, 0.3) is 0 Å². The van der Waals surface area contributed by atoms with E-state index < -0.39 is 12.0 Å². The molecule has 1 amide bonds. The SMILES string of the molecule is COC(=O)C1=C(C)N=C2SC=C(CC(=O)NCc3ccccc3)N2C1c1ccc(Cl)cc1. The lowest BCUT2D eigenvalue weighted by molar-refractivity contribution is -0.136. The van der Waals surface area contributed by atoms with Crippen molar-refractivity contribution < 1.29 is 14.3 Å². The lowest BCUT2D eigenvalue weighted by atomic mass is 9.94. The molecule has 32 heavy (non-hydrogen) atoms. The maximum atomic E-state index is 12.7. The first-order valence-electron chi connectivity index (χ1n) is 10.1. The zero-order valence-electron chi connectivity index (χ0n) is 17.7. The fraction of sp³-hybridized carbons (Fsp3) is 0.208. The molecule has 0 aliphatic carbocycles. The summed E-state index contributed by atoms with van der Waals surface area (Å²) < 4.78 is 5.06. The van der Waals surface area contributed by atoms with Crippen LogP contribution in [0.2, 0.25) is 5.02 Å². The molecule has 0 saturated carbocycles. The van der Waals surface area contributed by atoms with Gasteiger partial charge in [0.05, 0.1) is 30.8 Å². The van der Waals surface area contributed by atoms with Crippen molar-refractivity contribution >= 4 is 40.4 Å². The third-order valence-corrected chi connectivity index (χ3v) is 6.41. The Morgan fingerprint density at radius 1 is 1.16 bits per heavy atom. The van der Waals surface area contributed by atoms with Gasteiger partial charge in [0, 0.05) is 17.3 Å². The van der Waals surface area contributed by atoms with Crippen LogP contribution in [0.5, 0.6) is 0 Å². The predicted octanol–water partition coefficient (Wildman–Crippen LogP) is 4.79. The smallest absolute Gasteiger partial charge is 0.338 e. The van der Waals surface area contributed by atoms with Crippen LogP contribution in [0.15, 0.2) is 82.0 Å². The number of halogens is 1. The van der Waals surface area contributed by atoms with Gasteiger partial charge < -0.3 is 15.0 Å². The maximum Gasteiger partial charge on any atom is 0.338 e. The van der Waals surface area contributed by atoms with E-state index in [1.165, 1.54) is 18.9 Å². The molecule has 0 aromatic heterocycles. The number of hydrogen-bond donors (Lipinski definition) is 1. The van der Waals surface area contributed by atoms with Crippen molar-refractivity contribution in [1.29, 1.82) is 0 Å². The molecule has 2 heterocycles. The fourth-order valence-electron chi connectivity index (χ4n) is 3.72. The Morgan fingerprint density at radius 2 is 1.88 bits per heavy atom. The summed E-state index contributed by atoms with van der Waals surface area (Å²) in [5.74, 6) is -0.558. The van der Waals surface area contributed by atoms with Gasteiger partial charge >= 0.3 is 5.97 Å². The molecule has 1 N–H and O–H groups in total. The molecule has 2 aliphatic rings. The summed E-state index contributed by atoms with van der Waals surface area (Å²) in [6.07, 6.45) is 0.163. The summed E-state index contributed by atoms with van der Waals surface area (Å²) in [5, 5.41) is 6.20. The van der Waals surface area contributed by atoms with Crippen molar-refractivity contribution in [2.75, 3.05) is 7.11 Å². The highest BCUT2D eigenvalue weighted by atomic mass is 35.5. The molecule has 1 atom stereocenters. The molecular formula is C24H22ClN3O3S. The number of aliphatic imine (C=N–C) groups is 1. The Labute approximate surface area is 196 Å². The van der Waals surface area contributed by atoms with E-state index in [1.54, 1.807) is 19.1 Å². The Bertz CT molecular complexity index is 1130. The highest BCUT2D eigenvalue weighted by Crippen LogP contribution is 2.44. The van der Waals surface area contributed by atoms with Crippen molar-refractivity contribution in [2.24, 2.45) is 4.99 Å². The van der Waals surface area contributed by atoms with Gasteiger partial charge in [-0.1, -0.05) is 65.8 Å². The highest BCUT2D eigenvalue weighted by Gasteiger charge is 2.40. The van der Waals surface area contributed by atoms with Crippen LogP contribution in [-0.4, -0.2) is 29.1 Å². The molecule has 1 unspecified atom stereocenters. The van der Waals surface area contributed by atoms with E-state index in [9.17, 15) is 9.59 Å². The molecule has 164 valence electrons. The van der Waals surface area contributed by atoms with Gasteiger partial charge in [-0.25, -0.2) is 9.79 Å². The highest BCUT2D eigenvalue weighted by molar-refractivity contribution is 8.16. The van der Waals surface area contributed by atoms with Crippen molar-refractivity contribution in [3.8, 4) is 0 Å². The van der Waals surface area contributed by atoms with Crippen LogP contribution in [0.1, 0.15) is 30.5 Å². The summed E-state index contributed by atoms with van der Waals surface area (Å²) in [7, 11) is 1.35. The minimum atomic E-state index is -0.463. The van der Waals surface area contributed by atoms with E-state index in [2.05, 4.69) is 10.3 Å². The number of methoxy groups -OCH3 is 1. The number of fused-ring (bicyclic) bond motifs is 1. The number of amides is 1. The number of amidine groups is 1. The molecule has 0 spiro atoms. The van der Waals surface area contributed by atoms with Gasteiger partial charge in [-0.15, -0.1) is 0 Å². The zero-order valence-corrected chi connectivity index (χ0v) is 19.2. The second-order valence-corrected chi connectivity index (χ2v) is 8.65. The predicted molar refractivity (Wildman–Crippen MR) is 127 cm³/mol. The van der Waals surface area contributed by atoms with Gasteiger partial charge in [0.15, 0.2) is 5.17 Å². The molecule has 4 rings (SSSR count). The molecule has 0 saturated heterocycles. The van der Waals surface area contributed by atoms with E-state index in [-0.39, 0.29) is 12.3 Å². The van der Waals surface area contributed by atoms with Crippen LogP contribution in [0, 0.1) is 0 Å². The van der Waals surface area contributed by atoms with Gasteiger partial charge in [0.1, 0.15) is 0 Å². The third-order valence-electron chi connectivity index (χ3n) is 5.27. The maximum absolute atomic E-state index is 12.7. The van der Waals surface area contributed by atoms with Crippen LogP contribution in [0.3, 0.4) is 0 Å². The van der Waals surface area contributed by atoms with Crippen LogP contribution in [0.4, 0.5) is 0 Å². The Balaban J connectivity index is 1.60. The normalized spacial score (nSPS) is 17.5. The Morgan fingerprint density at radius 3 is 2.56 bits per heavy atom. The first-order valence-corrected chi connectivity index (χ1v) is 11.3. The zero-order chi connectivity index (χ0) is 22.7. The average Bonchev–Trinajstić information content (AvgIpc) is 3.19. The van der Waals surface area contributed by atoms with Gasteiger partial charge in [0.25, 0.3) is 0 Å². The number of hydrogen-bond acceptors (Lipinski definition) is 6. The fourth-order valence-corrected chi connectivity index (χ4v) is 4.81. The lowest BCUT2D eigenvalue weighted by Crippen LogP contribution is -2.37. The minimum Gasteiger partial charge on any atom is -0.466 e. The van der Waals surface area contributed by atoms with E-state index in [0.29, 0.717) is 22.8 Å². The van der Waals surface area contributed by atoms with Crippen LogP contribution in [-0.2, 0) is 20.9 Å². The third kappa shape index (κ3) is 4.59. The molecule has 0 bridgehead atoms. The molecule has 6 nitrogen and oxygen atoms in total. The number of ether oxygens (including phenoxy) is 1. The molecule has 8 heteroatoms. The Hall–Kier alpha value is -3.03. The topological polar surface area (TPSA) is 71.0 Å². The summed E-state index contributed by atoms with van der Waals surface area (Å²) in [4.78, 5) is 32.0. The van der Waals surface area contributed by atoms with E-state index in [0.717, 1.165) is 22.0 Å². The molecule has 0 radical (unpaired) electrons. The van der Waals surface area contributed by atoms with Crippen molar-refractivity contribution in [3.63, 3.8) is 0 Å². The number of carbonyl (C=O) groups is 2. The van der Waals surface area contributed by atoms with Gasteiger partial charge in [-0.3, -0.25) is 4.79 Å². The lowest BCUT2D eigenvalue weighted by Gasteiger charge is -2.36. The average molecular weight is 468 g/mol. The van der Waals surface area contributed by atoms with E-state index >= 15 is 0 Å². The largest absolute Gasteiger partial charge is 0.466 e. The van der Waals surface area contributed by atoms with Crippen molar-refractivity contribution in [1.82, 2.24) is 10.2 Å². The number of esters is 1. The summed E-state index contributed by atoms with van der Waals surface area (Å²) in [6, 6.07) is 16.6.